The van der Waals surface area contributed by atoms with Crippen molar-refractivity contribution in [3.63, 3.8) is 0 Å². The maximum Gasteiger partial charge on any atom is 0.234 e. The number of anilines is 1. The van der Waals surface area contributed by atoms with Crippen molar-refractivity contribution < 1.29 is 13.7 Å². The predicted molar refractivity (Wildman–Crippen MR) is 75.9 cm³/mol. The van der Waals surface area contributed by atoms with Gasteiger partial charge in [-0.1, -0.05) is 17.3 Å². The van der Waals surface area contributed by atoms with Crippen LogP contribution in [0.2, 0.25) is 0 Å². The van der Waals surface area contributed by atoms with Crippen molar-refractivity contribution in [1.82, 2.24) is 5.16 Å². The third-order valence-corrected chi connectivity index (χ3v) is 3.52. The molecule has 1 atom stereocenters. The fourth-order valence-corrected chi connectivity index (χ4v) is 2.56. The van der Waals surface area contributed by atoms with Gasteiger partial charge in [-0.25, -0.2) is 4.39 Å². The van der Waals surface area contributed by atoms with E-state index in [1.54, 1.807) is 19.2 Å². The first-order valence-corrected chi connectivity index (χ1v) is 6.55. The molecule has 0 bridgehead atoms. The van der Waals surface area contributed by atoms with E-state index in [-0.39, 0.29) is 18.2 Å². The Morgan fingerprint density at radius 2 is 2.18 bits per heavy atom. The van der Waals surface area contributed by atoms with Gasteiger partial charge in [0.1, 0.15) is 17.3 Å². The quantitative estimate of drug-likeness (QED) is 0.902. The predicted octanol–water partition coefficient (Wildman–Crippen LogP) is 2.21. The molecule has 0 saturated heterocycles. The molecule has 0 saturated carbocycles. The minimum Gasteiger partial charge on any atom is -0.384 e. The summed E-state index contributed by atoms with van der Waals surface area (Å²) in [6.07, 6.45) is 0. The van der Waals surface area contributed by atoms with Crippen LogP contribution in [-0.2, 0) is 11.3 Å². The van der Waals surface area contributed by atoms with Crippen LogP contribution < -0.4 is 11.1 Å². The number of ether oxygens (including phenoxy) is 1. The Bertz CT molecular complexity index is 774. The van der Waals surface area contributed by atoms with Gasteiger partial charge in [0, 0.05) is 7.11 Å². The highest BCUT2D eigenvalue weighted by atomic mass is 19.1. The number of halogens is 1. The molecule has 0 amide bonds. The van der Waals surface area contributed by atoms with Crippen molar-refractivity contribution in [2.75, 3.05) is 12.4 Å². The van der Waals surface area contributed by atoms with Crippen molar-refractivity contribution in [3.8, 4) is 6.07 Å². The second kappa shape index (κ2) is 5.50. The summed E-state index contributed by atoms with van der Waals surface area (Å²) in [6, 6.07) is 8.01. The maximum atomic E-state index is 13.2. The molecule has 3 N–H and O–H groups in total. The summed E-state index contributed by atoms with van der Waals surface area (Å²) in [5, 5.41) is 16.2. The number of nitrogens with zero attached hydrogens (tertiary/aromatic N) is 2. The Balaban J connectivity index is 2.19. The van der Waals surface area contributed by atoms with E-state index in [2.05, 4.69) is 16.5 Å². The number of methoxy groups -OCH3 is 1. The highest BCUT2D eigenvalue weighted by Crippen LogP contribution is 2.42. The van der Waals surface area contributed by atoms with Crippen LogP contribution in [0.15, 0.2) is 40.2 Å². The van der Waals surface area contributed by atoms with E-state index >= 15 is 0 Å². The summed E-state index contributed by atoms with van der Waals surface area (Å²) in [5.74, 6) is -0.253. The molecule has 1 aliphatic heterocycles. The molecule has 0 unspecified atom stereocenters. The molecule has 112 valence electrons. The fourth-order valence-electron chi connectivity index (χ4n) is 2.56. The summed E-state index contributed by atoms with van der Waals surface area (Å²) in [6.45, 7) is 0.233. The second-order valence-electron chi connectivity index (χ2n) is 4.85. The van der Waals surface area contributed by atoms with Crippen LogP contribution in [0.3, 0.4) is 0 Å². The number of fused-ring (bicyclic) bond motifs is 1. The van der Waals surface area contributed by atoms with Crippen molar-refractivity contribution in [1.29, 1.82) is 5.26 Å². The zero-order valence-electron chi connectivity index (χ0n) is 11.8. The SMILES string of the molecule is COCc1noc2c1[C@H](c1ccc(F)cc1)C(C#N)=C(N)N2. The van der Waals surface area contributed by atoms with E-state index in [1.807, 2.05) is 0 Å². The van der Waals surface area contributed by atoms with Gasteiger partial charge in [-0.3, -0.25) is 0 Å². The van der Waals surface area contributed by atoms with Crippen molar-refractivity contribution in [3.05, 3.63) is 58.3 Å². The number of hydrogen-bond donors (Lipinski definition) is 2. The number of benzene rings is 1. The molecule has 0 fully saturated rings. The Morgan fingerprint density at radius 3 is 2.82 bits per heavy atom. The highest BCUT2D eigenvalue weighted by molar-refractivity contribution is 5.64. The third-order valence-electron chi connectivity index (χ3n) is 3.52. The van der Waals surface area contributed by atoms with E-state index in [4.69, 9.17) is 15.0 Å². The lowest BCUT2D eigenvalue weighted by Gasteiger charge is -2.24. The minimum atomic E-state index is -0.474. The molecule has 7 heteroatoms. The van der Waals surface area contributed by atoms with E-state index in [1.165, 1.54) is 12.1 Å². The van der Waals surface area contributed by atoms with Crippen LogP contribution in [0.5, 0.6) is 0 Å². The molecule has 0 spiro atoms. The van der Waals surface area contributed by atoms with Gasteiger partial charge >= 0.3 is 0 Å². The molecule has 1 aliphatic rings. The number of nitrogens with two attached hydrogens (primary N) is 1. The summed E-state index contributed by atoms with van der Waals surface area (Å²) in [7, 11) is 1.54. The van der Waals surface area contributed by atoms with Crippen molar-refractivity contribution in [2.24, 2.45) is 5.73 Å². The number of hydrogen-bond acceptors (Lipinski definition) is 6. The summed E-state index contributed by atoms with van der Waals surface area (Å²) in [4.78, 5) is 0. The lowest BCUT2D eigenvalue weighted by atomic mass is 9.83. The number of rotatable bonds is 3. The average Bonchev–Trinajstić information content (AvgIpc) is 2.90. The molecule has 2 aromatic rings. The first kappa shape index (κ1) is 14.1. The second-order valence-corrected chi connectivity index (χ2v) is 4.85. The molecular weight excluding hydrogens is 287 g/mol. The van der Waals surface area contributed by atoms with Crippen LogP contribution in [0.4, 0.5) is 10.3 Å². The molecule has 0 aliphatic carbocycles. The van der Waals surface area contributed by atoms with Gasteiger partial charge in [0.15, 0.2) is 0 Å². The molecule has 1 aromatic carbocycles. The molecule has 2 heterocycles. The largest absolute Gasteiger partial charge is 0.384 e. The smallest absolute Gasteiger partial charge is 0.234 e. The van der Waals surface area contributed by atoms with E-state index < -0.39 is 5.92 Å². The van der Waals surface area contributed by atoms with E-state index in [0.717, 1.165) is 5.56 Å². The lowest BCUT2D eigenvalue weighted by Crippen LogP contribution is -2.23. The fraction of sp³-hybridized carbons (Fsp3) is 0.200. The summed E-state index contributed by atoms with van der Waals surface area (Å²) < 4.78 is 23.5. The van der Waals surface area contributed by atoms with Gasteiger partial charge < -0.3 is 20.3 Å². The van der Waals surface area contributed by atoms with Gasteiger partial charge in [-0.15, -0.1) is 0 Å². The Labute approximate surface area is 126 Å². The first-order chi connectivity index (χ1) is 10.7. The number of nitriles is 1. The summed E-state index contributed by atoms with van der Waals surface area (Å²) >= 11 is 0. The summed E-state index contributed by atoms with van der Waals surface area (Å²) in [5.41, 5.74) is 8.21. The highest BCUT2D eigenvalue weighted by Gasteiger charge is 2.34. The number of allylic oxidation sites excluding steroid dienone is 1. The van der Waals surface area contributed by atoms with Crippen molar-refractivity contribution in [2.45, 2.75) is 12.5 Å². The molecule has 0 radical (unpaired) electrons. The normalized spacial score (nSPS) is 16.9. The molecular formula is C15H13FN4O2. The van der Waals surface area contributed by atoms with Crippen LogP contribution in [0.25, 0.3) is 0 Å². The lowest BCUT2D eigenvalue weighted by molar-refractivity contribution is 0.177. The Kier molecular flexibility index (Phi) is 3.53. The minimum absolute atomic E-state index is 0.199. The standard InChI is InChI=1S/C15H13FN4O2/c1-21-7-11-13-12(8-2-4-9(16)5-3-8)10(6-17)14(18)19-15(13)22-20-11/h2-5,12,19H,7,18H2,1H3/t12-/m1/s1. The number of aromatic nitrogens is 1. The van der Waals surface area contributed by atoms with Gasteiger partial charge in [-0.2, -0.15) is 5.26 Å². The number of nitrogens with one attached hydrogen (secondary N) is 1. The molecule has 3 rings (SSSR count). The average molecular weight is 300 g/mol. The zero-order chi connectivity index (χ0) is 15.7. The monoisotopic (exact) mass is 300 g/mol. The maximum absolute atomic E-state index is 13.2. The topological polar surface area (TPSA) is 97.1 Å². The van der Waals surface area contributed by atoms with Gasteiger partial charge in [0.05, 0.1) is 29.7 Å². The molecule has 22 heavy (non-hydrogen) atoms. The Morgan fingerprint density at radius 1 is 1.45 bits per heavy atom. The van der Waals surface area contributed by atoms with E-state index in [0.29, 0.717) is 22.7 Å². The van der Waals surface area contributed by atoms with Crippen molar-refractivity contribution >= 4 is 5.88 Å². The molecule has 1 aromatic heterocycles. The molecule has 6 nitrogen and oxygen atoms in total. The van der Waals surface area contributed by atoms with Crippen LogP contribution in [0.1, 0.15) is 22.7 Å². The zero-order valence-corrected chi connectivity index (χ0v) is 11.8. The van der Waals surface area contributed by atoms with Gasteiger partial charge in [-0.05, 0) is 17.7 Å². The Hall–Kier alpha value is -2.85. The van der Waals surface area contributed by atoms with Crippen LogP contribution in [-0.4, -0.2) is 12.3 Å². The van der Waals surface area contributed by atoms with Crippen LogP contribution in [0, 0.1) is 17.1 Å². The van der Waals surface area contributed by atoms with Gasteiger partial charge in [0.25, 0.3) is 0 Å². The van der Waals surface area contributed by atoms with Crippen LogP contribution >= 0.6 is 0 Å². The van der Waals surface area contributed by atoms with E-state index in [9.17, 15) is 9.65 Å². The first-order valence-electron chi connectivity index (χ1n) is 6.55. The third kappa shape index (κ3) is 2.19. The van der Waals surface area contributed by atoms with Gasteiger partial charge in [0.2, 0.25) is 5.88 Å².